The van der Waals surface area contributed by atoms with Crippen molar-refractivity contribution in [3.8, 4) is 0 Å². The molecule has 0 aromatic heterocycles. The van der Waals surface area contributed by atoms with Gasteiger partial charge in [-0.1, -0.05) is 30.3 Å². The van der Waals surface area contributed by atoms with Crippen LogP contribution >= 0.6 is 0 Å². The summed E-state index contributed by atoms with van der Waals surface area (Å²) >= 11 is 0. The average Bonchev–Trinajstić information content (AvgIpc) is 2.45. The summed E-state index contributed by atoms with van der Waals surface area (Å²) in [5.74, 6) is 5.43. The van der Waals surface area contributed by atoms with Crippen LogP contribution in [0.5, 0.6) is 0 Å². The van der Waals surface area contributed by atoms with Gasteiger partial charge in [-0.15, -0.1) is 0 Å². The number of hydrogen-bond donors (Lipinski definition) is 2. The molecule has 0 radical (unpaired) electrons. The summed E-state index contributed by atoms with van der Waals surface area (Å²) in [5, 5.41) is 1.54. The van der Waals surface area contributed by atoms with E-state index in [1.54, 1.807) is 19.2 Å². The van der Waals surface area contributed by atoms with Gasteiger partial charge < -0.3 is 4.74 Å². The van der Waals surface area contributed by atoms with Gasteiger partial charge in [0.15, 0.2) is 0 Å². The number of benzene rings is 2. The van der Waals surface area contributed by atoms with Crippen LogP contribution in [0.2, 0.25) is 0 Å². The molecule has 2 aromatic carbocycles. The van der Waals surface area contributed by atoms with E-state index in [0.29, 0.717) is 12.0 Å². The molecule has 3 N–H and O–H groups in total. The first-order valence-electron chi connectivity index (χ1n) is 6.40. The van der Waals surface area contributed by atoms with E-state index in [9.17, 15) is 4.39 Å². The summed E-state index contributed by atoms with van der Waals surface area (Å²) in [6.45, 7) is 0.692. The van der Waals surface area contributed by atoms with Crippen molar-refractivity contribution in [2.75, 3.05) is 13.7 Å². The Hall–Kier alpha value is -1.49. The molecule has 1 atom stereocenters. The molecule has 0 amide bonds. The van der Waals surface area contributed by atoms with Crippen molar-refractivity contribution >= 4 is 10.8 Å². The third-order valence-corrected chi connectivity index (χ3v) is 3.32. The number of methoxy groups -OCH3 is 1. The second-order valence-electron chi connectivity index (χ2n) is 4.54. The van der Waals surface area contributed by atoms with Crippen LogP contribution in [0.4, 0.5) is 4.39 Å². The maximum Gasteiger partial charge on any atom is 0.131 e. The molecule has 0 heterocycles. The summed E-state index contributed by atoms with van der Waals surface area (Å²) in [5.41, 5.74) is 3.83. The van der Waals surface area contributed by atoms with Gasteiger partial charge in [-0.25, -0.2) is 4.39 Å². The lowest BCUT2D eigenvalue weighted by Crippen LogP contribution is -2.28. The van der Waals surface area contributed by atoms with Crippen molar-refractivity contribution in [3.63, 3.8) is 0 Å². The summed E-state index contributed by atoms with van der Waals surface area (Å²) in [4.78, 5) is 0. The van der Waals surface area contributed by atoms with Gasteiger partial charge in [0.2, 0.25) is 0 Å². The molecule has 3 nitrogen and oxygen atoms in total. The van der Waals surface area contributed by atoms with E-state index in [0.717, 1.165) is 23.8 Å². The molecular weight excluding hydrogens is 243 g/mol. The molecule has 0 aliphatic rings. The lowest BCUT2D eigenvalue weighted by atomic mass is 9.96. The van der Waals surface area contributed by atoms with Crippen LogP contribution in [0.1, 0.15) is 24.4 Å². The zero-order valence-electron chi connectivity index (χ0n) is 11.0. The summed E-state index contributed by atoms with van der Waals surface area (Å²) in [6, 6.07) is 10.8. The van der Waals surface area contributed by atoms with Crippen molar-refractivity contribution in [2.45, 2.75) is 18.9 Å². The summed E-state index contributed by atoms with van der Waals surface area (Å²) in [6.07, 6.45) is 1.75. The maximum absolute atomic E-state index is 13.8. The zero-order chi connectivity index (χ0) is 13.7. The second-order valence-corrected chi connectivity index (χ2v) is 4.54. The molecule has 102 valence electrons. The van der Waals surface area contributed by atoms with E-state index < -0.39 is 0 Å². The Morgan fingerprint density at radius 2 is 1.95 bits per heavy atom. The highest BCUT2D eigenvalue weighted by molar-refractivity contribution is 5.86. The lowest BCUT2D eigenvalue weighted by molar-refractivity contribution is 0.189. The smallest absolute Gasteiger partial charge is 0.131 e. The van der Waals surface area contributed by atoms with Crippen LogP contribution < -0.4 is 11.3 Å². The quantitative estimate of drug-likeness (QED) is 0.478. The molecule has 0 aliphatic carbocycles. The van der Waals surface area contributed by atoms with E-state index in [1.165, 1.54) is 6.07 Å². The molecule has 0 aliphatic heterocycles. The van der Waals surface area contributed by atoms with E-state index in [4.69, 9.17) is 10.6 Å². The van der Waals surface area contributed by atoms with Crippen LogP contribution in [0, 0.1) is 5.82 Å². The molecule has 0 bridgehead atoms. The SMILES string of the molecule is COCCCC(NN)c1ccc(F)c2ccccc12. The Morgan fingerprint density at radius 1 is 1.21 bits per heavy atom. The maximum atomic E-state index is 13.8. The predicted molar refractivity (Wildman–Crippen MR) is 75.1 cm³/mol. The molecular formula is C15H19FN2O. The third kappa shape index (κ3) is 3.10. The Morgan fingerprint density at radius 3 is 2.63 bits per heavy atom. The normalized spacial score (nSPS) is 12.8. The number of ether oxygens (including phenoxy) is 1. The van der Waals surface area contributed by atoms with Crippen LogP contribution in [0.3, 0.4) is 0 Å². The first-order chi connectivity index (χ1) is 9.27. The van der Waals surface area contributed by atoms with Crippen molar-refractivity contribution in [2.24, 2.45) is 5.84 Å². The topological polar surface area (TPSA) is 47.3 Å². The highest BCUT2D eigenvalue weighted by Crippen LogP contribution is 2.28. The van der Waals surface area contributed by atoms with E-state index in [2.05, 4.69) is 5.43 Å². The van der Waals surface area contributed by atoms with Gasteiger partial charge in [-0.2, -0.15) is 0 Å². The van der Waals surface area contributed by atoms with Crippen LogP contribution in [0.25, 0.3) is 10.8 Å². The standard InChI is InChI=1S/C15H19FN2O/c1-19-10-4-7-15(18-17)13-8-9-14(16)12-6-3-2-5-11(12)13/h2-3,5-6,8-9,15,18H,4,7,10,17H2,1H3. The third-order valence-electron chi connectivity index (χ3n) is 3.32. The number of halogens is 1. The van der Waals surface area contributed by atoms with Gasteiger partial charge in [-0.3, -0.25) is 11.3 Å². The van der Waals surface area contributed by atoms with Crippen molar-refractivity contribution in [3.05, 3.63) is 47.8 Å². The van der Waals surface area contributed by atoms with E-state index in [-0.39, 0.29) is 11.9 Å². The van der Waals surface area contributed by atoms with E-state index >= 15 is 0 Å². The van der Waals surface area contributed by atoms with Gasteiger partial charge in [0.25, 0.3) is 0 Å². The van der Waals surface area contributed by atoms with Crippen LogP contribution in [0.15, 0.2) is 36.4 Å². The molecule has 2 rings (SSSR count). The van der Waals surface area contributed by atoms with E-state index in [1.807, 2.05) is 18.2 Å². The van der Waals surface area contributed by atoms with Crippen LogP contribution in [-0.4, -0.2) is 13.7 Å². The van der Waals surface area contributed by atoms with Gasteiger partial charge in [-0.05, 0) is 29.9 Å². The van der Waals surface area contributed by atoms with Gasteiger partial charge in [0.05, 0.1) is 0 Å². The summed E-state index contributed by atoms with van der Waals surface area (Å²) < 4.78 is 18.8. The molecule has 4 heteroatoms. The van der Waals surface area contributed by atoms with Gasteiger partial charge in [0, 0.05) is 25.1 Å². The fraction of sp³-hybridized carbons (Fsp3) is 0.333. The molecule has 0 spiro atoms. The number of fused-ring (bicyclic) bond motifs is 1. The van der Waals surface area contributed by atoms with Gasteiger partial charge >= 0.3 is 0 Å². The first-order valence-corrected chi connectivity index (χ1v) is 6.40. The Kier molecular flexibility index (Phi) is 4.85. The Bertz CT molecular complexity index is 545. The molecule has 0 fully saturated rings. The summed E-state index contributed by atoms with van der Waals surface area (Å²) in [7, 11) is 1.68. The molecule has 2 aromatic rings. The van der Waals surface area contributed by atoms with Gasteiger partial charge in [0.1, 0.15) is 5.82 Å². The Labute approximate surface area is 112 Å². The number of hydrogen-bond acceptors (Lipinski definition) is 3. The largest absolute Gasteiger partial charge is 0.385 e. The number of nitrogens with one attached hydrogen (secondary N) is 1. The Balaban J connectivity index is 2.34. The average molecular weight is 262 g/mol. The number of nitrogens with two attached hydrogens (primary N) is 1. The fourth-order valence-corrected chi connectivity index (χ4v) is 2.35. The molecule has 0 saturated carbocycles. The van der Waals surface area contributed by atoms with Crippen molar-refractivity contribution in [1.29, 1.82) is 0 Å². The highest BCUT2D eigenvalue weighted by atomic mass is 19.1. The predicted octanol–water partition coefficient (Wildman–Crippen LogP) is 2.91. The monoisotopic (exact) mass is 262 g/mol. The number of rotatable bonds is 6. The minimum absolute atomic E-state index is 0.000602. The van der Waals surface area contributed by atoms with Crippen molar-refractivity contribution < 1.29 is 9.13 Å². The lowest BCUT2D eigenvalue weighted by Gasteiger charge is -2.18. The minimum atomic E-state index is -0.202. The zero-order valence-corrected chi connectivity index (χ0v) is 11.0. The molecule has 0 saturated heterocycles. The first kappa shape index (κ1) is 13.9. The molecule has 19 heavy (non-hydrogen) atoms. The number of hydrazine groups is 1. The van der Waals surface area contributed by atoms with Crippen molar-refractivity contribution in [1.82, 2.24) is 5.43 Å². The fourth-order valence-electron chi connectivity index (χ4n) is 2.35. The minimum Gasteiger partial charge on any atom is -0.385 e. The highest BCUT2D eigenvalue weighted by Gasteiger charge is 2.14. The van der Waals surface area contributed by atoms with Crippen LogP contribution in [-0.2, 0) is 4.74 Å². The second kappa shape index (κ2) is 6.61. The molecule has 1 unspecified atom stereocenters.